The number of alkyl halides is 2. The van der Waals surface area contributed by atoms with Crippen LogP contribution in [0.15, 0.2) is 0 Å². The van der Waals surface area contributed by atoms with Crippen LogP contribution in [0.3, 0.4) is 0 Å². The minimum atomic E-state index is 0.00868. The Kier molecular flexibility index (Phi) is 3.35. The van der Waals surface area contributed by atoms with Crippen molar-refractivity contribution in [1.82, 2.24) is 5.06 Å². The van der Waals surface area contributed by atoms with E-state index in [1.54, 1.807) is 5.06 Å². The van der Waals surface area contributed by atoms with Gasteiger partial charge in [-0.25, -0.2) is 0 Å². The zero-order valence-electron chi connectivity index (χ0n) is 7.69. The summed E-state index contributed by atoms with van der Waals surface area (Å²) >= 11 is 4.85. The van der Waals surface area contributed by atoms with E-state index in [4.69, 9.17) is 5.21 Å². The van der Waals surface area contributed by atoms with Gasteiger partial charge in [-0.15, -0.1) is 0 Å². The number of piperidine rings is 1. The first kappa shape index (κ1) is 11.5. The molecule has 12 heavy (non-hydrogen) atoms. The van der Waals surface area contributed by atoms with Crippen molar-refractivity contribution in [3.8, 4) is 0 Å². The lowest BCUT2D eigenvalue weighted by molar-refractivity contribution is -0.207. The number of hydrogen-bond donors (Lipinski definition) is 0. The van der Waals surface area contributed by atoms with E-state index in [9.17, 15) is 0 Å². The highest BCUT2D eigenvalue weighted by atomic mass is 127. The van der Waals surface area contributed by atoms with E-state index in [1.165, 1.54) is 6.42 Å². The molecule has 1 aliphatic rings. The fourth-order valence-electron chi connectivity index (χ4n) is 1.60. The van der Waals surface area contributed by atoms with Gasteiger partial charge < -0.3 is 5.21 Å². The predicted octanol–water partition coefficient (Wildman–Crippen LogP) is 2.46. The van der Waals surface area contributed by atoms with Crippen LogP contribution in [0.25, 0.3) is 0 Å². The van der Waals surface area contributed by atoms with Gasteiger partial charge >= 0.3 is 0 Å². The molecule has 1 aliphatic heterocycles. The van der Waals surface area contributed by atoms with Gasteiger partial charge in [0.1, 0.15) is 3.55 Å². The lowest BCUT2D eigenvalue weighted by atomic mass is 9.89. The van der Waals surface area contributed by atoms with Crippen LogP contribution in [0.2, 0.25) is 0 Å². The summed E-state index contributed by atoms with van der Waals surface area (Å²) in [6.45, 7) is 6.46. The summed E-state index contributed by atoms with van der Waals surface area (Å²) in [5.74, 6) is 0. The third-order valence-electron chi connectivity index (χ3n) is 2.66. The molecule has 0 aromatic heterocycles. The molecular formula is C8H16I2NO+. The normalized spacial score (nSPS) is 43.0. The lowest BCUT2D eigenvalue weighted by Gasteiger charge is -2.46. The van der Waals surface area contributed by atoms with Crippen LogP contribution in [0.5, 0.6) is 0 Å². The molecule has 2 atom stereocenters. The first-order valence-corrected chi connectivity index (χ1v) is 6.45. The molecule has 0 saturated carbocycles. The van der Waals surface area contributed by atoms with E-state index in [2.05, 4.69) is 66.0 Å². The molecule has 72 valence electrons. The van der Waals surface area contributed by atoms with E-state index in [1.807, 2.05) is 0 Å². The largest absolute Gasteiger partial charge is 0.337 e. The Morgan fingerprint density at radius 1 is 1.42 bits per heavy atom. The first-order valence-electron chi connectivity index (χ1n) is 4.13. The molecule has 0 spiro atoms. The highest BCUT2D eigenvalue weighted by molar-refractivity contribution is 14.1. The summed E-state index contributed by atoms with van der Waals surface area (Å²) < 4.78 is 0.610. The number of nitrogens with zero attached hydrogens (tertiary/aromatic N) is 1. The summed E-state index contributed by atoms with van der Waals surface area (Å²) in [4.78, 5) is 0. The average molecular weight is 396 g/mol. The molecule has 0 aromatic carbocycles. The van der Waals surface area contributed by atoms with Gasteiger partial charge in [-0.1, -0.05) is 50.2 Å². The second kappa shape index (κ2) is 3.51. The van der Waals surface area contributed by atoms with E-state index in [0.29, 0.717) is 3.92 Å². The van der Waals surface area contributed by atoms with E-state index < -0.39 is 0 Å². The predicted molar refractivity (Wildman–Crippen MR) is 69.0 cm³/mol. The van der Waals surface area contributed by atoms with Gasteiger partial charge in [0, 0.05) is 3.92 Å². The average Bonchev–Trinajstić information content (AvgIpc) is 1.96. The SMILES string of the molecule is CC1(I)CCC(I)C(C)(C)N1[OH2+]. The molecular weight excluding hydrogens is 380 g/mol. The Hall–Kier alpha value is 1.38. The van der Waals surface area contributed by atoms with E-state index in [0.717, 1.165) is 6.42 Å². The van der Waals surface area contributed by atoms with Gasteiger partial charge in [0.15, 0.2) is 0 Å². The molecule has 4 heteroatoms. The summed E-state index contributed by atoms with van der Waals surface area (Å²) in [6.07, 6.45) is 2.34. The summed E-state index contributed by atoms with van der Waals surface area (Å²) in [6, 6.07) is 0. The van der Waals surface area contributed by atoms with Gasteiger partial charge in [-0.2, -0.15) is 0 Å². The second-order valence-electron chi connectivity index (χ2n) is 4.14. The highest BCUT2D eigenvalue weighted by Crippen LogP contribution is 2.43. The molecule has 1 heterocycles. The van der Waals surface area contributed by atoms with Crippen LogP contribution in [0.4, 0.5) is 0 Å². The van der Waals surface area contributed by atoms with Crippen LogP contribution in [0.1, 0.15) is 33.6 Å². The van der Waals surface area contributed by atoms with Gasteiger partial charge in [-0.05, 0) is 33.6 Å². The first-order chi connectivity index (χ1) is 5.28. The fraction of sp³-hybridized carbons (Fsp3) is 1.00. The molecule has 0 bridgehead atoms. The molecule has 0 aromatic rings. The molecule has 1 rings (SSSR count). The van der Waals surface area contributed by atoms with Crippen molar-refractivity contribution in [2.75, 3.05) is 0 Å². The molecule has 2 nitrogen and oxygen atoms in total. The van der Waals surface area contributed by atoms with Crippen molar-refractivity contribution < 1.29 is 5.21 Å². The molecule has 2 N–H and O–H groups in total. The van der Waals surface area contributed by atoms with Crippen LogP contribution in [-0.4, -0.2) is 23.3 Å². The van der Waals surface area contributed by atoms with Crippen molar-refractivity contribution >= 4 is 45.2 Å². The zero-order chi connectivity index (χ0) is 9.57. The van der Waals surface area contributed by atoms with Gasteiger partial charge in [0.2, 0.25) is 0 Å². The third kappa shape index (κ3) is 1.90. The van der Waals surface area contributed by atoms with Crippen molar-refractivity contribution in [1.29, 1.82) is 0 Å². The molecule has 1 saturated heterocycles. The standard InChI is InChI=1S/C8H15I2NO/c1-7(2)6(9)4-5-8(3,10)11(7)12/h6,12H,4-5H2,1-3H3/p+1. The second-order valence-corrected chi connectivity index (χ2v) is 7.97. The van der Waals surface area contributed by atoms with Crippen molar-refractivity contribution in [2.24, 2.45) is 0 Å². The monoisotopic (exact) mass is 396 g/mol. The third-order valence-corrected chi connectivity index (χ3v) is 5.83. The highest BCUT2D eigenvalue weighted by Gasteiger charge is 2.50. The molecule has 0 amide bonds. The van der Waals surface area contributed by atoms with Crippen molar-refractivity contribution in [3.05, 3.63) is 0 Å². The Labute approximate surface area is 101 Å². The van der Waals surface area contributed by atoms with Gasteiger partial charge in [0.05, 0.1) is 5.54 Å². The van der Waals surface area contributed by atoms with Crippen LogP contribution in [0, 0.1) is 0 Å². The number of hydrogen-bond acceptors (Lipinski definition) is 1. The van der Waals surface area contributed by atoms with E-state index >= 15 is 0 Å². The van der Waals surface area contributed by atoms with Crippen LogP contribution in [-0.2, 0) is 0 Å². The smallest absolute Gasteiger partial charge is 0.137 e. The Morgan fingerprint density at radius 2 is 1.92 bits per heavy atom. The lowest BCUT2D eigenvalue weighted by Crippen LogP contribution is -2.60. The van der Waals surface area contributed by atoms with Gasteiger partial charge in [-0.3, -0.25) is 0 Å². The summed E-state index contributed by atoms with van der Waals surface area (Å²) in [7, 11) is 0. The minimum absolute atomic E-state index is 0.00868. The quantitative estimate of drug-likeness (QED) is 0.268. The van der Waals surface area contributed by atoms with Gasteiger partial charge in [0.25, 0.3) is 0 Å². The number of rotatable bonds is 0. The Bertz CT molecular complexity index is 182. The Balaban J connectivity index is 2.86. The maximum atomic E-state index is 8.03. The van der Waals surface area contributed by atoms with Crippen LogP contribution >= 0.6 is 45.2 Å². The van der Waals surface area contributed by atoms with Crippen molar-refractivity contribution in [3.63, 3.8) is 0 Å². The number of halogens is 2. The minimum Gasteiger partial charge on any atom is -0.337 e. The number of hydroxylamine groups is 2. The van der Waals surface area contributed by atoms with Crippen LogP contribution < -0.4 is 0 Å². The van der Waals surface area contributed by atoms with E-state index in [-0.39, 0.29) is 9.08 Å². The topological polar surface area (TPSA) is 26.1 Å². The van der Waals surface area contributed by atoms with Crippen molar-refractivity contribution in [2.45, 2.75) is 46.6 Å². The molecule has 0 aliphatic carbocycles. The molecule has 2 unspecified atom stereocenters. The fourth-order valence-corrected chi connectivity index (χ4v) is 3.12. The maximum Gasteiger partial charge on any atom is 0.137 e. The Morgan fingerprint density at radius 3 is 2.33 bits per heavy atom. The molecule has 1 fully saturated rings. The zero-order valence-corrected chi connectivity index (χ0v) is 12.0. The molecule has 0 radical (unpaired) electrons. The summed E-state index contributed by atoms with van der Waals surface area (Å²) in [5, 5.41) is 9.79. The summed E-state index contributed by atoms with van der Waals surface area (Å²) in [5.41, 5.74) is 0.00868. The maximum absolute atomic E-state index is 8.03.